The first-order valence-corrected chi connectivity index (χ1v) is 10.4. The van der Waals surface area contributed by atoms with Gasteiger partial charge in [-0.2, -0.15) is 5.10 Å². The Morgan fingerprint density at radius 2 is 1.81 bits per heavy atom. The van der Waals surface area contributed by atoms with Crippen molar-refractivity contribution in [2.45, 2.75) is 23.5 Å². The van der Waals surface area contributed by atoms with Gasteiger partial charge >= 0.3 is 0 Å². The third-order valence-electron chi connectivity index (χ3n) is 4.70. The number of H-pyrrole nitrogens is 1. The SMILES string of the molecule is O=C(c1ccc(S(=O)(=O)Cc2ccccc2)cc1)N1CCCc2[nH]ncc21. The van der Waals surface area contributed by atoms with Crippen molar-refractivity contribution in [3.05, 3.63) is 77.6 Å². The highest BCUT2D eigenvalue weighted by Crippen LogP contribution is 2.26. The third-order valence-corrected chi connectivity index (χ3v) is 6.40. The second kappa shape index (κ2) is 7.00. The zero-order valence-corrected chi connectivity index (χ0v) is 15.4. The standard InChI is InChI=1S/C20H19N3O3S/c24-20(23-12-4-7-18-19(23)13-21-22-18)16-8-10-17(11-9-16)27(25,26)14-15-5-2-1-3-6-15/h1-3,5-6,8-11,13H,4,7,12,14H2,(H,21,22). The Kier molecular flexibility index (Phi) is 4.53. The summed E-state index contributed by atoms with van der Waals surface area (Å²) < 4.78 is 25.2. The van der Waals surface area contributed by atoms with Crippen LogP contribution in [0.1, 0.15) is 28.0 Å². The maximum Gasteiger partial charge on any atom is 0.258 e. The molecule has 1 aliphatic rings. The lowest BCUT2D eigenvalue weighted by atomic mass is 10.1. The van der Waals surface area contributed by atoms with Crippen LogP contribution in [0.25, 0.3) is 0 Å². The molecular weight excluding hydrogens is 362 g/mol. The molecule has 138 valence electrons. The summed E-state index contributed by atoms with van der Waals surface area (Å²) in [5.74, 6) is -0.213. The van der Waals surface area contributed by atoms with E-state index in [4.69, 9.17) is 0 Å². The molecule has 3 aromatic rings. The molecule has 6 nitrogen and oxygen atoms in total. The van der Waals surface area contributed by atoms with Crippen LogP contribution in [0.15, 0.2) is 65.7 Å². The lowest BCUT2D eigenvalue weighted by Gasteiger charge is -2.26. The van der Waals surface area contributed by atoms with Gasteiger partial charge in [0.05, 0.1) is 28.2 Å². The van der Waals surface area contributed by atoms with Gasteiger partial charge in [0.1, 0.15) is 0 Å². The van der Waals surface area contributed by atoms with Gasteiger partial charge < -0.3 is 4.90 Å². The molecule has 2 heterocycles. The summed E-state index contributed by atoms with van der Waals surface area (Å²) >= 11 is 0. The number of carbonyl (C=O) groups is 1. The van der Waals surface area contributed by atoms with Crippen molar-refractivity contribution >= 4 is 21.4 Å². The van der Waals surface area contributed by atoms with Crippen LogP contribution >= 0.6 is 0 Å². The van der Waals surface area contributed by atoms with E-state index in [0.717, 1.165) is 29.8 Å². The second-order valence-corrected chi connectivity index (χ2v) is 8.55. The van der Waals surface area contributed by atoms with Crippen molar-refractivity contribution in [3.8, 4) is 0 Å². The molecule has 0 atom stereocenters. The van der Waals surface area contributed by atoms with Crippen LogP contribution in [0.3, 0.4) is 0 Å². The predicted octanol–water partition coefficient (Wildman–Crippen LogP) is 2.98. The van der Waals surface area contributed by atoms with Gasteiger partial charge in [-0.05, 0) is 42.7 Å². The number of aryl methyl sites for hydroxylation is 1. The number of hydrogen-bond donors (Lipinski definition) is 1. The molecule has 0 spiro atoms. The molecule has 1 N–H and O–H groups in total. The highest BCUT2D eigenvalue weighted by atomic mass is 32.2. The quantitative estimate of drug-likeness (QED) is 0.753. The summed E-state index contributed by atoms with van der Waals surface area (Å²) in [7, 11) is -3.46. The van der Waals surface area contributed by atoms with Crippen molar-refractivity contribution in [2.75, 3.05) is 11.4 Å². The Labute approximate surface area is 157 Å². The molecule has 1 amide bonds. The number of carbonyl (C=O) groups excluding carboxylic acids is 1. The summed E-state index contributed by atoms with van der Waals surface area (Å²) in [5, 5.41) is 6.94. The number of nitrogens with one attached hydrogen (secondary N) is 1. The van der Waals surface area contributed by atoms with Gasteiger partial charge in [-0.3, -0.25) is 9.89 Å². The van der Waals surface area contributed by atoms with Crippen molar-refractivity contribution < 1.29 is 13.2 Å². The number of aromatic nitrogens is 2. The van der Waals surface area contributed by atoms with Crippen molar-refractivity contribution in [2.24, 2.45) is 0 Å². The molecule has 7 heteroatoms. The molecule has 4 rings (SSSR count). The van der Waals surface area contributed by atoms with Gasteiger partial charge in [-0.15, -0.1) is 0 Å². The number of hydrogen-bond acceptors (Lipinski definition) is 4. The molecule has 1 aliphatic heterocycles. The maximum absolute atomic E-state index is 12.8. The average Bonchev–Trinajstić information content (AvgIpc) is 3.17. The van der Waals surface area contributed by atoms with Crippen LogP contribution in [0.2, 0.25) is 0 Å². The summed E-state index contributed by atoms with van der Waals surface area (Å²) in [4.78, 5) is 14.8. The fourth-order valence-electron chi connectivity index (χ4n) is 3.31. The number of fused-ring (bicyclic) bond motifs is 1. The molecule has 0 aliphatic carbocycles. The molecule has 0 fully saturated rings. The number of nitrogens with zero attached hydrogens (tertiary/aromatic N) is 2. The molecule has 1 aromatic heterocycles. The third kappa shape index (κ3) is 3.50. The van der Waals surface area contributed by atoms with E-state index in [2.05, 4.69) is 10.2 Å². The molecule has 0 saturated heterocycles. The van der Waals surface area contributed by atoms with Gasteiger partial charge in [0.15, 0.2) is 9.84 Å². The van der Waals surface area contributed by atoms with E-state index in [1.165, 1.54) is 12.1 Å². The minimum Gasteiger partial charge on any atom is -0.305 e. The van der Waals surface area contributed by atoms with Crippen LogP contribution < -0.4 is 4.90 Å². The molecule has 2 aromatic carbocycles. The Morgan fingerprint density at radius 1 is 1.07 bits per heavy atom. The molecule has 0 radical (unpaired) electrons. The molecule has 0 unspecified atom stereocenters. The van der Waals surface area contributed by atoms with Gasteiger partial charge in [-0.25, -0.2) is 8.42 Å². The molecule has 0 saturated carbocycles. The van der Waals surface area contributed by atoms with Gasteiger partial charge in [0, 0.05) is 12.1 Å². The van der Waals surface area contributed by atoms with E-state index in [0.29, 0.717) is 12.1 Å². The fourth-order valence-corrected chi connectivity index (χ4v) is 4.65. The first-order chi connectivity index (χ1) is 13.0. The number of amides is 1. The highest BCUT2D eigenvalue weighted by molar-refractivity contribution is 7.90. The Bertz CT molecular complexity index is 1060. The second-order valence-electron chi connectivity index (χ2n) is 6.56. The normalized spacial score (nSPS) is 14.0. The lowest BCUT2D eigenvalue weighted by Crippen LogP contribution is -2.35. The summed E-state index contributed by atoms with van der Waals surface area (Å²) in [6, 6.07) is 15.2. The zero-order chi connectivity index (χ0) is 18.9. The van der Waals surface area contributed by atoms with Gasteiger partial charge in [-0.1, -0.05) is 30.3 Å². The monoisotopic (exact) mass is 381 g/mol. The summed E-state index contributed by atoms with van der Waals surface area (Å²) in [6.07, 6.45) is 3.39. The van der Waals surface area contributed by atoms with Crippen molar-refractivity contribution in [3.63, 3.8) is 0 Å². The minimum atomic E-state index is -3.46. The lowest BCUT2D eigenvalue weighted by molar-refractivity contribution is 0.0985. The number of anilines is 1. The zero-order valence-electron chi connectivity index (χ0n) is 14.6. The van der Waals surface area contributed by atoms with E-state index in [9.17, 15) is 13.2 Å². The van der Waals surface area contributed by atoms with Gasteiger partial charge in [0.2, 0.25) is 0 Å². The van der Waals surface area contributed by atoms with Crippen molar-refractivity contribution in [1.82, 2.24) is 10.2 Å². The molecule has 27 heavy (non-hydrogen) atoms. The molecule has 0 bridgehead atoms. The average molecular weight is 381 g/mol. The Hall–Kier alpha value is -2.93. The van der Waals surface area contributed by atoms with Crippen LogP contribution in [-0.4, -0.2) is 31.1 Å². The van der Waals surface area contributed by atoms with Crippen molar-refractivity contribution in [1.29, 1.82) is 0 Å². The minimum absolute atomic E-state index is 0.0639. The van der Waals surface area contributed by atoms with E-state index >= 15 is 0 Å². The van der Waals surface area contributed by atoms with E-state index < -0.39 is 9.84 Å². The van der Waals surface area contributed by atoms with E-state index in [-0.39, 0.29) is 16.6 Å². The van der Waals surface area contributed by atoms with Crippen LogP contribution in [0.4, 0.5) is 5.69 Å². The topological polar surface area (TPSA) is 83.1 Å². The maximum atomic E-state index is 12.8. The fraction of sp³-hybridized carbons (Fsp3) is 0.200. The number of sulfone groups is 1. The van der Waals surface area contributed by atoms with Crippen LogP contribution in [0, 0.1) is 0 Å². The smallest absolute Gasteiger partial charge is 0.258 e. The van der Waals surface area contributed by atoms with Gasteiger partial charge in [0.25, 0.3) is 5.91 Å². The number of benzene rings is 2. The van der Waals surface area contributed by atoms with Crippen LogP contribution in [-0.2, 0) is 22.0 Å². The Morgan fingerprint density at radius 3 is 2.56 bits per heavy atom. The largest absolute Gasteiger partial charge is 0.305 e. The first-order valence-electron chi connectivity index (χ1n) is 8.75. The number of rotatable bonds is 4. The van der Waals surface area contributed by atoms with Crippen LogP contribution in [0.5, 0.6) is 0 Å². The van der Waals surface area contributed by atoms with E-state index in [1.807, 2.05) is 18.2 Å². The Balaban J connectivity index is 1.55. The summed E-state index contributed by atoms with van der Waals surface area (Å²) in [6.45, 7) is 0.624. The first kappa shape index (κ1) is 17.5. The summed E-state index contributed by atoms with van der Waals surface area (Å²) in [5.41, 5.74) is 2.95. The highest BCUT2D eigenvalue weighted by Gasteiger charge is 2.25. The van der Waals surface area contributed by atoms with E-state index in [1.54, 1.807) is 35.4 Å². The number of aromatic amines is 1. The molecular formula is C20H19N3O3S. The predicted molar refractivity (Wildman–Crippen MR) is 102 cm³/mol.